The van der Waals surface area contributed by atoms with Gasteiger partial charge in [0.1, 0.15) is 0 Å². The van der Waals surface area contributed by atoms with Gasteiger partial charge in [-0.05, 0) is 31.5 Å². The number of halogens is 1. The third kappa shape index (κ3) is 5.34. The lowest BCUT2D eigenvalue weighted by atomic mass is 10.1. The first-order valence-corrected chi connectivity index (χ1v) is 6.33. The summed E-state index contributed by atoms with van der Waals surface area (Å²) >= 11 is 5.82. The summed E-state index contributed by atoms with van der Waals surface area (Å²) in [7, 11) is 0. The summed E-state index contributed by atoms with van der Waals surface area (Å²) < 4.78 is 4.78. The van der Waals surface area contributed by atoms with Gasteiger partial charge in [-0.1, -0.05) is 29.8 Å². The maximum Gasteiger partial charge on any atom is 0.330 e. The largest absolute Gasteiger partial charge is 0.463 e. The van der Waals surface area contributed by atoms with Gasteiger partial charge in [0, 0.05) is 23.7 Å². The molecule has 0 aliphatic heterocycles. The molecule has 1 N–H and O–H groups in total. The third-order valence-corrected chi connectivity index (χ3v) is 2.70. The lowest BCUT2D eigenvalue weighted by Crippen LogP contribution is -2.18. The molecular formula is C14H18ClNO2. The average molecular weight is 268 g/mol. The molecule has 0 heterocycles. The molecular weight excluding hydrogens is 250 g/mol. The van der Waals surface area contributed by atoms with Crippen molar-refractivity contribution < 1.29 is 9.53 Å². The van der Waals surface area contributed by atoms with Crippen LogP contribution in [-0.4, -0.2) is 19.1 Å². The maximum absolute atomic E-state index is 11.0. The van der Waals surface area contributed by atoms with Gasteiger partial charge in [0.05, 0.1) is 6.61 Å². The second-order valence-corrected chi connectivity index (χ2v) is 4.27. The van der Waals surface area contributed by atoms with E-state index in [1.165, 1.54) is 6.08 Å². The lowest BCUT2D eigenvalue weighted by Gasteiger charge is -2.12. The highest BCUT2D eigenvalue weighted by atomic mass is 35.5. The van der Waals surface area contributed by atoms with E-state index < -0.39 is 0 Å². The van der Waals surface area contributed by atoms with Crippen molar-refractivity contribution in [3.8, 4) is 0 Å². The van der Waals surface area contributed by atoms with Crippen molar-refractivity contribution in [2.24, 2.45) is 0 Å². The molecule has 1 aromatic rings. The zero-order chi connectivity index (χ0) is 13.4. The van der Waals surface area contributed by atoms with E-state index in [9.17, 15) is 4.79 Å². The Labute approximate surface area is 113 Å². The van der Waals surface area contributed by atoms with Crippen LogP contribution in [0.25, 0.3) is 0 Å². The van der Waals surface area contributed by atoms with E-state index in [2.05, 4.69) is 12.2 Å². The van der Waals surface area contributed by atoms with Crippen LogP contribution >= 0.6 is 11.6 Å². The van der Waals surface area contributed by atoms with Crippen LogP contribution in [-0.2, 0) is 9.53 Å². The highest BCUT2D eigenvalue weighted by Gasteiger charge is 2.02. The Morgan fingerprint density at radius 3 is 2.72 bits per heavy atom. The SMILES string of the molecule is CCOC(=O)/C=C/CNC(C)c1ccc(Cl)cc1. The molecule has 1 aromatic carbocycles. The van der Waals surface area contributed by atoms with Crippen molar-refractivity contribution in [1.82, 2.24) is 5.32 Å². The molecule has 0 bridgehead atoms. The molecule has 0 saturated carbocycles. The summed E-state index contributed by atoms with van der Waals surface area (Å²) in [5, 5.41) is 4.01. The first kappa shape index (κ1) is 14.7. The Hall–Kier alpha value is -1.32. The number of hydrogen-bond donors (Lipinski definition) is 1. The summed E-state index contributed by atoms with van der Waals surface area (Å²) in [4.78, 5) is 11.0. The molecule has 0 saturated heterocycles. The fourth-order valence-electron chi connectivity index (χ4n) is 1.46. The molecule has 1 unspecified atom stereocenters. The molecule has 0 fully saturated rings. The van der Waals surface area contributed by atoms with Gasteiger partial charge in [0.2, 0.25) is 0 Å². The van der Waals surface area contributed by atoms with Crippen LogP contribution in [0.1, 0.15) is 25.5 Å². The van der Waals surface area contributed by atoms with Crippen LogP contribution in [0.5, 0.6) is 0 Å². The average Bonchev–Trinajstić information content (AvgIpc) is 2.35. The van der Waals surface area contributed by atoms with Crippen molar-refractivity contribution in [2.45, 2.75) is 19.9 Å². The fourth-order valence-corrected chi connectivity index (χ4v) is 1.59. The van der Waals surface area contributed by atoms with E-state index in [4.69, 9.17) is 16.3 Å². The molecule has 3 nitrogen and oxygen atoms in total. The van der Waals surface area contributed by atoms with Gasteiger partial charge < -0.3 is 10.1 Å². The quantitative estimate of drug-likeness (QED) is 0.636. The van der Waals surface area contributed by atoms with Crippen LogP contribution in [0.3, 0.4) is 0 Å². The second kappa shape index (κ2) is 7.90. The Balaban J connectivity index is 2.35. The van der Waals surface area contributed by atoms with Crippen LogP contribution in [0.4, 0.5) is 0 Å². The van der Waals surface area contributed by atoms with Crippen molar-refractivity contribution in [1.29, 1.82) is 0 Å². The fraction of sp³-hybridized carbons (Fsp3) is 0.357. The van der Waals surface area contributed by atoms with Crippen molar-refractivity contribution in [3.05, 3.63) is 47.0 Å². The van der Waals surface area contributed by atoms with Gasteiger partial charge in [-0.2, -0.15) is 0 Å². The molecule has 98 valence electrons. The molecule has 0 aliphatic carbocycles. The number of esters is 1. The summed E-state index contributed by atoms with van der Waals surface area (Å²) in [5.74, 6) is -0.307. The van der Waals surface area contributed by atoms with Crippen molar-refractivity contribution in [3.63, 3.8) is 0 Å². The molecule has 0 radical (unpaired) electrons. The first-order valence-electron chi connectivity index (χ1n) is 5.95. The van der Waals surface area contributed by atoms with Crippen LogP contribution in [0.15, 0.2) is 36.4 Å². The Morgan fingerprint density at radius 1 is 1.44 bits per heavy atom. The van der Waals surface area contributed by atoms with Gasteiger partial charge in [-0.25, -0.2) is 4.79 Å². The van der Waals surface area contributed by atoms with E-state index in [-0.39, 0.29) is 12.0 Å². The number of ether oxygens (including phenoxy) is 1. The Kier molecular flexibility index (Phi) is 6.47. The summed E-state index contributed by atoms with van der Waals surface area (Å²) in [5.41, 5.74) is 1.16. The predicted octanol–water partition coefficient (Wildman–Crippen LogP) is 3.11. The highest BCUT2D eigenvalue weighted by molar-refractivity contribution is 6.30. The van der Waals surface area contributed by atoms with Gasteiger partial charge >= 0.3 is 5.97 Å². The molecule has 1 rings (SSSR count). The number of nitrogens with one attached hydrogen (secondary N) is 1. The van der Waals surface area contributed by atoms with Crippen LogP contribution in [0.2, 0.25) is 5.02 Å². The van der Waals surface area contributed by atoms with E-state index in [1.54, 1.807) is 13.0 Å². The number of carbonyl (C=O) groups excluding carboxylic acids is 1. The normalized spacial score (nSPS) is 12.6. The van der Waals surface area contributed by atoms with E-state index in [0.29, 0.717) is 13.2 Å². The molecule has 0 aromatic heterocycles. The van der Waals surface area contributed by atoms with Crippen LogP contribution < -0.4 is 5.32 Å². The molecule has 18 heavy (non-hydrogen) atoms. The van der Waals surface area contributed by atoms with Gasteiger partial charge in [0.25, 0.3) is 0 Å². The number of benzene rings is 1. The Bertz CT molecular complexity index is 401. The van der Waals surface area contributed by atoms with E-state index in [1.807, 2.05) is 24.3 Å². The van der Waals surface area contributed by atoms with Crippen molar-refractivity contribution in [2.75, 3.05) is 13.2 Å². The minimum Gasteiger partial charge on any atom is -0.463 e. The molecule has 0 aliphatic rings. The monoisotopic (exact) mass is 267 g/mol. The van der Waals surface area contributed by atoms with Gasteiger partial charge in [-0.3, -0.25) is 0 Å². The smallest absolute Gasteiger partial charge is 0.330 e. The summed E-state index contributed by atoms with van der Waals surface area (Å²) in [6.07, 6.45) is 3.19. The lowest BCUT2D eigenvalue weighted by molar-refractivity contribution is -0.137. The first-order chi connectivity index (χ1) is 8.63. The summed E-state index contributed by atoms with van der Waals surface area (Å²) in [6, 6.07) is 7.89. The number of carbonyl (C=O) groups is 1. The standard InChI is InChI=1S/C14H18ClNO2/c1-3-18-14(17)5-4-10-16-11(2)12-6-8-13(15)9-7-12/h4-9,11,16H,3,10H2,1-2H3/b5-4+. The number of rotatable bonds is 6. The minimum absolute atomic E-state index is 0.203. The Morgan fingerprint density at radius 2 is 2.11 bits per heavy atom. The maximum atomic E-state index is 11.0. The zero-order valence-corrected chi connectivity index (χ0v) is 11.4. The molecule has 0 amide bonds. The zero-order valence-electron chi connectivity index (χ0n) is 10.7. The molecule has 4 heteroatoms. The summed E-state index contributed by atoms with van der Waals surface area (Å²) in [6.45, 7) is 4.86. The van der Waals surface area contributed by atoms with E-state index >= 15 is 0 Å². The van der Waals surface area contributed by atoms with Gasteiger partial charge in [-0.15, -0.1) is 0 Å². The number of hydrogen-bond acceptors (Lipinski definition) is 3. The minimum atomic E-state index is -0.307. The van der Waals surface area contributed by atoms with Crippen molar-refractivity contribution >= 4 is 17.6 Å². The van der Waals surface area contributed by atoms with E-state index in [0.717, 1.165) is 10.6 Å². The molecule has 1 atom stereocenters. The second-order valence-electron chi connectivity index (χ2n) is 3.84. The topological polar surface area (TPSA) is 38.3 Å². The van der Waals surface area contributed by atoms with Gasteiger partial charge in [0.15, 0.2) is 0 Å². The van der Waals surface area contributed by atoms with Crippen LogP contribution in [0, 0.1) is 0 Å². The molecule has 0 spiro atoms. The predicted molar refractivity (Wildman–Crippen MR) is 73.6 cm³/mol. The third-order valence-electron chi connectivity index (χ3n) is 2.45. The highest BCUT2D eigenvalue weighted by Crippen LogP contribution is 2.15.